The van der Waals surface area contributed by atoms with Crippen molar-refractivity contribution >= 4 is 5.97 Å². The molecule has 0 amide bonds. The van der Waals surface area contributed by atoms with E-state index in [1.807, 2.05) is 6.08 Å². The Morgan fingerprint density at radius 2 is 1.62 bits per heavy atom. The number of carbonyl (C=O) groups excluding carboxylic acids is 1. The van der Waals surface area contributed by atoms with Gasteiger partial charge in [-0.05, 0) is 51.5 Å². The summed E-state index contributed by atoms with van der Waals surface area (Å²) in [5, 5.41) is 0. The molecule has 1 atom stereocenters. The van der Waals surface area contributed by atoms with E-state index in [2.05, 4.69) is 54.5 Å². The molecule has 0 aromatic carbocycles. The van der Waals surface area contributed by atoms with Crippen LogP contribution in [-0.2, 0) is 9.53 Å². The van der Waals surface area contributed by atoms with E-state index in [1.54, 1.807) is 0 Å². The van der Waals surface area contributed by atoms with Crippen molar-refractivity contribution in [2.24, 2.45) is 11.8 Å². The van der Waals surface area contributed by atoms with Crippen molar-refractivity contribution in [2.75, 3.05) is 6.61 Å². The zero-order valence-corrected chi connectivity index (χ0v) is 17.6. The highest BCUT2D eigenvalue weighted by atomic mass is 16.5. The Labute approximate surface area is 151 Å². The van der Waals surface area contributed by atoms with Crippen molar-refractivity contribution in [3.8, 4) is 0 Å². The van der Waals surface area contributed by atoms with Crippen molar-refractivity contribution in [3.63, 3.8) is 0 Å². The average Bonchev–Trinajstić information content (AvgIpc) is 2.46. The van der Waals surface area contributed by atoms with Gasteiger partial charge in [-0.2, -0.15) is 0 Å². The summed E-state index contributed by atoms with van der Waals surface area (Å²) >= 11 is 0. The smallest absolute Gasteiger partial charge is 0.302 e. The van der Waals surface area contributed by atoms with Gasteiger partial charge in [0.15, 0.2) is 0 Å². The lowest BCUT2D eigenvalue weighted by Gasteiger charge is -2.08. The molecule has 24 heavy (non-hydrogen) atoms. The second-order valence-electron chi connectivity index (χ2n) is 7.51. The molecule has 142 valence electrons. The number of esters is 1. The number of allylic oxidation sites excluding steroid dienone is 3. The molecule has 0 aliphatic carbocycles. The SMILES string of the molecule is CC(=O)OC/C=C(\C)CCC=C(C)C.CCC(C)CCCC(C)C. The van der Waals surface area contributed by atoms with Crippen LogP contribution in [0.25, 0.3) is 0 Å². The monoisotopic (exact) mass is 338 g/mol. The lowest BCUT2D eigenvalue weighted by atomic mass is 9.98. The van der Waals surface area contributed by atoms with Gasteiger partial charge in [0.25, 0.3) is 0 Å². The molecule has 0 radical (unpaired) electrons. The first-order valence-corrected chi connectivity index (χ1v) is 9.61. The van der Waals surface area contributed by atoms with Crippen LogP contribution in [0, 0.1) is 11.8 Å². The molecule has 0 aliphatic rings. The number of hydrogen-bond acceptors (Lipinski definition) is 2. The fourth-order valence-corrected chi connectivity index (χ4v) is 2.07. The standard InChI is InChI=1S/C12H20O2.C10H22/c1-10(2)6-5-7-11(3)8-9-14-12(4)13;1-5-10(4)8-6-7-9(2)3/h6,8H,5,7,9H2,1-4H3;9-10H,5-8H2,1-4H3/b11-8+;. The maximum Gasteiger partial charge on any atom is 0.302 e. The normalized spacial score (nSPS) is 12.3. The lowest BCUT2D eigenvalue weighted by molar-refractivity contribution is -0.139. The van der Waals surface area contributed by atoms with E-state index < -0.39 is 0 Å². The lowest BCUT2D eigenvalue weighted by Crippen LogP contribution is -1.98. The molecule has 0 fully saturated rings. The largest absolute Gasteiger partial charge is 0.462 e. The van der Waals surface area contributed by atoms with E-state index in [9.17, 15) is 4.79 Å². The minimum absolute atomic E-state index is 0.224. The minimum Gasteiger partial charge on any atom is -0.462 e. The molecular weight excluding hydrogens is 296 g/mol. The Kier molecular flexibility index (Phi) is 17.6. The minimum atomic E-state index is -0.224. The van der Waals surface area contributed by atoms with E-state index in [4.69, 9.17) is 4.74 Å². The van der Waals surface area contributed by atoms with Crippen molar-refractivity contribution in [1.29, 1.82) is 0 Å². The van der Waals surface area contributed by atoms with Gasteiger partial charge in [-0.15, -0.1) is 0 Å². The molecule has 2 heteroatoms. The van der Waals surface area contributed by atoms with Gasteiger partial charge < -0.3 is 4.74 Å². The molecular formula is C22H42O2. The van der Waals surface area contributed by atoms with Crippen molar-refractivity contribution in [3.05, 3.63) is 23.3 Å². The quantitative estimate of drug-likeness (QED) is 0.313. The Bertz CT molecular complexity index is 360. The number of ether oxygens (including phenoxy) is 1. The molecule has 0 spiro atoms. The molecule has 0 bridgehead atoms. The van der Waals surface area contributed by atoms with Crippen LogP contribution in [0.1, 0.15) is 93.9 Å². The molecule has 0 saturated heterocycles. The van der Waals surface area contributed by atoms with Gasteiger partial charge in [0.05, 0.1) is 0 Å². The van der Waals surface area contributed by atoms with Crippen LogP contribution in [0.4, 0.5) is 0 Å². The molecule has 0 saturated carbocycles. The highest BCUT2D eigenvalue weighted by Crippen LogP contribution is 2.14. The van der Waals surface area contributed by atoms with E-state index >= 15 is 0 Å². The summed E-state index contributed by atoms with van der Waals surface area (Å²) in [6, 6.07) is 0. The van der Waals surface area contributed by atoms with Crippen molar-refractivity contribution in [2.45, 2.75) is 93.9 Å². The topological polar surface area (TPSA) is 26.3 Å². The fraction of sp³-hybridized carbons (Fsp3) is 0.773. The summed E-state index contributed by atoms with van der Waals surface area (Å²) in [5.41, 5.74) is 2.61. The van der Waals surface area contributed by atoms with Crippen LogP contribution in [0.5, 0.6) is 0 Å². The molecule has 1 unspecified atom stereocenters. The first-order chi connectivity index (χ1) is 11.2. The summed E-state index contributed by atoms with van der Waals surface area (Å²) in [5.74, 6) is 1.61. The van der Waals surface area contributed by atoms with Crippen LogP contribution in [0.15, 0.2) is 23.3 Å². The molecule has 0 aromatic rings. The first-order valence-electron chi connectivity index (χ1n) is 9.61. The van der Waals surface area contributed by atoms with Gasteiger partial charge >= 0.3 is 5.97 Å². The highest BCUT2D eigenvalue weighted by Gasteiger charge is 1.99. The zero-order valence-electron chi connectivity index (χ0n) is 17.6. The third-order valence-corrected chi connectivity index (χ3v) is 3.98. The van der Waals surface area contributed by atoms with E-state index in [-0.39, 0.29) is 5.97 Å². The summed E-state index contributed by atoms with van der Waals surface area (Å²) in [6.45, 7) is 17.3. The summed E-state index contributed by atoms with van der Waals surface area (Å²) < 4.78 is 4.81. The van der Waals surface area contributed by atoms with Gasteiger partial charge in [-0.25, -0.2) is 0 Å². The van der Waals surface area contributed by atoms with Gasteiger partial charge in [0.2, 0.25) is 0 Å². The summed E-state index contributed by atoms with van der Waals surface area (Å²) in [6.07, 6.45) is 11.9. The Morgan fingerprint density at radius 1 is 1.00 bits per heavy atom. The average molecular weight is 339 g/mol. The summed E-state index contributed by atoms with van der Waals surface area (Å²) in [4.78, 5) is 10.5. The summed E-state index contributed by atoms with van der Waals surface area (Å²) in [7, 11) is 0. The second kappa shape index (κ2) is 16.8. The Morgan fingerprint density at radius 3 is 2.08 bits per heavy atom. The maximum atomic E-state index is 10.5. The Hall–Kier alpha value is -1.05. The highest BCUT2D eigenvalue weighted by molar-refractivity contribution is 5.66. The number of hydrogen-bond donors (Lipinski definition) is 0. The van der Waals surface area contributed by atoms with Crippen LogP contribution < -0.4 is 0 Å². The molecule has 0 aliphatic heterocycles. The van der Waals surface area contributed by atoms with E-state index in [0.717, 1.165) is 24.7 Å². The Balaban J connectivity index is 0. The predicted molar refractivity (Wildman–Crippen MR) is 107 cm³/mol. The maximum absolute atomic E-state index is 10.5. The number of rotatable bonds is 10. The molecule has 0 heterocycles. The zero-order chi connectivity index (χ0) is 19.0. The van der Waals surface area contributed by atoms with Crippen LogP contribution in [-0.4, -0.2) is 12.6 Å². The van der Waals surface area contributed by atoms with Crippen LogP contribution >= 0.6 is 0 Å². The number of carbonyl (C=O) groups is 1. The van der Waals surface area contributed by atoms with Gasteiger partial charge in [0.1, 0.15) is 6.61 Å². The third-order valence-electron chi connectivity index (χ3n) is 3.98. The molecule has 0 rings (SSSR count). The van der Waals surface area contributed by atoms with Crippen molar-refractivity contribution in [1.82, 2.24) is 0 Å². The van der Waals surface area contributed by atoms with Crippen molar-refractivity contribution < 1.29 is 9.53 Å². The molecule has 0 N–H and O–H groups in total. The van der Waals surface area contributed by atoms with Gasteiger partial charge in [0, 0.05) is 6.92 Å². The fourth-order valence-electron chi connectivity index (χ4n) is 2.07. The van der Waals surface area contributed by atoms with E-state index in [1.165, 1.54) is 43.8 Å². The second-order valence-corrected chi connectivity index (χ2v) is 7.51. The van der Waals surface area contributed by atoms with E-state index in [0.29, 0.717) is 6.61 Å². The van der Waals surface area contributed by atoms with Gasteiger partial charge in [-0.1, -0.05) is 70.6 Å². The third kappa shape index (κ3) is 23.2. The van der Waals surface area contributed by atoms with Gasteiger partial charge in [-0.3, -0.25) is 4.79 Å². The van der Waals surface area contributed by atoms with Crippen LogP contribution in [0.3, 0.4) is 0 Å². The van der Waals surface area contributed by atoms with Crippen LogP contribution in [0.2, 0.25) is 0 Å². The first kappa shape index (κ1) is 25.2. The molecule has 0 aromatic heterocycles. The molecule has 2 nitrogen and oxygen atoms in total. The predicted octanol–water partition coefficient (Wildman–Crippen LogP) is 7.10.